The Labute approximate surface area is 110 Å². The molecule has 3 aromatic rings. The number of benzene rings is 1. The number of hydrogen-bond donors (Lipinski definition) is 2. The van der Waals surface area contributed by atoms with Gasteiger partial charge in [0.15, 0.2) is 11.6 Å². The Balaban J connectivity index is 1.64. The van der Waals surface area contributed by atoms with Gasteiger partial charge in [-0.15, -0.1) is 0 Å². The molecule has 0 unspecified atom stereocenters. The number of rotatable bonds is 4. The van der Waals surface area contributed by atoms with Crippen molar-refractivity contribution < 1.29 is 4.42 Å². The fourth-order valence-corrected chi connectivity index (χ4v) is 2.25. The molecular weight excluding hydrogens is 238 g/mol. The van der Waals surface area contributed by atoms with E-state index in [-0.39, 0.29) is 0 Å². The Hall–Kier alpha value is -2.07. The van der Waals surface area contributed by atoms with Crippen molar-refractivity contribution in [1.82, 2.24) is 15.3 Å². The normalized spacial score (nSPS) is 15.2. The van der Waals surface area contributed by atoms with Crippen LogP contribution in [0.2, 0.25) is 0 Å². The number of fused-ring (bicyclic) bond motifs is 1. The molecule has 4 rings (SSSR count). The van der Waals surface area contributed by atoms with E-state index in [2.05, 4.69) is 33.5 Å². The van der Waals surface area contributed by atoms with Crippen LogP contribution in [0.1, 0.15) is 18.4 Å². The maximum atomic E-state index is 5.36. The second-order valence-electron chi connectivity index (χ2n) is 5.07. The molecule has 1 aliphatic rings. The van der Waals surface area contributed by atoms with E-state index in [9.17, 15) is 0 Å². The van der Waals surface area contributed by atoms with Gasteiger partial charge in [0, 0.05) is 12.6 Å². The van der Waals surface area contributed by atoms with Crippen molar-refractivity contribution in [2.45, 2.75) is 25.4 Å². The van der Waals surface area contributed by atoms with Gasteiger partial charge in [-0.05, 0) is 42.7 Å². The van der Waals surface area contributed by atoms with Gasteiger partial charge < -0.3 is 14.7 Å². The van der Waals surface area contributed by atoms with Gasteiger partial charge >= 0.3 is 0 Å². The largest absolute Gasteiger partial charge is 0.461 e. The minimum absolute atomic E-state index is 0.733. The second kappa shape index (κ2) is 4.24. The highest BCUT2D eigenvalue weighted by Crippen LogP contribution is 2.23. The second-order valence-corrected chi connectivity index (χ2v) is 5.07. The van der Waals surface area contributed by atoms with Crippen molar-refractivity contribution in [3.63, 3.8) is 0 Å². The molecule has 1 aliphatic carbocycles. The number of aromatic nitrogens is 2. The SMILES string of the molecule is c1coc(-c2nc3ccc(CNC4CC4)cc3[nH]2)c1. The van der Waals surface area contributed by atoms with E-state index in [4.69, 9.17) is 4.42 Å². The maximum absolute atomic E-state index is 5.36. The number of furan rings is 1. The van der Waals surface area contributed by atoms with E-state index < -0.39 is 0 Å². The first-order chi connectivity index (χ1) is 9.38. The van der Waals surface area contributed by atoms with Gasteiger partial charge in [0.2, 0.25) is 0 Å². The molecule has 0 radical (unpaired) electrons. The number of imidazole rings is 1. The highest BCUT2D eigenvalue weighted by atomic mass is 16.3. The standard InChI is InChI=1S/C15H15N3O/c1-2-14(19-7-1)15-17-12-6-3-10(8-13(12)18-15)9-16-11-4-5-11/h1-3,6-8,11,16H,4-5,9H2,(H,17,18). The molecule has 1 aromatic carbocycles. The Morgan fingerprint density at radius 1 is 1.32 bits per heavy atom. The van der Waals surface area contributed by atoms with Crippen LogP contribution in [0.5, 0.6) is 0 Å². The molecule has 4 nitrogen and oxygen atoms in total. The van der Waals surface area contributed by atoms with E-state index in [1.807, 2.05) is 12.1 Å². The molecule has 0 atom stereocenters. The minimum Gasteiger partial charge on any atom is -0.461 e. The van der Waals surface area contributed by atoms with Crippen LogP contribution in [0.4, 0.5) is 0 Å². The van der Waals surface area contributed by atoms with Gasteiger partial charge in [-0.2, -0.15) is 0 Å². The molecule has 1 saturated carbocycles. The molecule has 0 saturated heterocycles. The van der Waals surface area contributed by atoms with Crippen LogP contribution >= 0.6 is 0 Å². The Bertz CT molecular complexity index is 695. The van der Waals surface area contributed by atoms with Crippen molar-refractivity contribution >= 4 is 11.0 Å². The molecule has 4 heteroatoms. The Kier molecular flexibility index (Phi) is 2.42. The van der Waals surface area contributed by atoms with Gasteiger partial charge in [0.25, 0.3) is 0 Å². The number of H-pyrrole nitrogens is 1. The average Bonchev–Trinajstić information content (AvgIpc) is 2.92. The number of hydrogen-bond acceptors (Lipinski definition) is 3. The van der Waals surface area contributed by atoms with Crippen LogP contribution < -0.4 is 5.32 Å². The summed E-state index contributed by atoms with van der Waals surface area (Å²) >= 11 is 0. The monoisotopic (exact) mass is 253 g/mol. The molecule has 0 bridgehead atoms. The maximum Gasteiger partial charge on any atom is 0.174 e. The lowest BCUT2D eigenvalue weighted by Gasteiger charge is -2.02. The minimum atomic E-state index is 0.733. The van der Waals surface area contributed by atoms with Crippen molar-refractivity contribution in [1.29, 1.82) is 0 Å². The van der Waals surface area contributed by atoms with Gasteiger partial charge in [-0.3, -0.25) is 0 Å². The van der Waals surface area contributed by atoms with Crippen LogP contribution in [0.3, 0.4) is 0 Å². The van der Waals surface area contributed by atoms with Crippen molar-refractivity contribution in [2.24, 2.45) is 0 Å². The quantitative estimate of drug-likeness (QED) is 0.751. The van der Waals surface area contributed by atoms with E-state index in [1.54, 1.807) is 6.26 Å². The molecule has 2 N–H and O–H groups in total. The third-order valence-corrected chi connectivity index (χ3v) is 3.47. The summed E-state index contributed by atoms with van der Waals surface area (Å²) in [7, 11) is 0. The van der Waals surface area contributed by atoms with Gasteiger partial charge in [-0.25, -0.2) is 4.98 Å². The van der Waals surface area contributed by atoms with Crippen molar-refractivity contribution in [3.05, 3.63) is 42.2 Å². The molecule has 19 heavy (non-hydrogen) atoms. The van der Waals surface area contributed by atoms with Gasteiger partial charge in [-0.1, -0.05) is 6.07 Å². The molecule has 0 amide bonds. The summed E-state index contributed by atoms with van der Waals surface area (Å²) in [5.41, 5.74) is 3.32. The van der Waals surface area contributed by atoms with Gasteiger partial charge in [0.05, 0.1) is 17.3 Å². The summed E-state index contributed by atoms with van der Waals surface area (Å²) in [6.45, 7) is 0.926. The number of nitrogens with zero attached hydrogens (tertiary/aromatic N) is 1. The van der Waals surface area contributed by atoms with Gasteiger partial charge in [0.1, 0.15) is 0 Å². The van der Waals surface area contributed by atoms with E-state index in [0.29, 0.717) is 0 Å². The summed E-state index contributed by atoms with van der Waals surface area (Å²) in [5.74, 6) is 1.56. The first-order valence-corrected chi connectivity index (χ1v) is 6.64. The van der Waals surface area contributed by atoms with E-state index >= 15 is 0 Å². The average molecular weight is 253 g/mol. The number of aromatic amines is 1. The topological polar surface area (TPSA) is 53.9 Å². The highest BCUT2D eigenvalue weighted by Gasteiger charge is 2.20. The van der Waals surface area contributed by atoms with E-state index in [1.165, 1.54) is 18.4 Å². The highest BCUT2D eigenvalue weighted by molar-refractivity contribution is 5.79. The summed E-state index contributed by atoms with van der Waals surface area (Å²) in [6, 6.07) is 10.9. The lowest BCUT2D eigenvalue weighted by atomic mass is 10.2. The molecule has 0 aliphatic heterocycles. The van der Waals surface area contributed by atoms with Crippen LogP contribution in [0.15, 0.2) is 41.0 Å². The van der Waals surface area contributed by atoms with Crippen molar-refractivity contribution in [2.75, 3.05) is 0 Å². The van der Waals surface area contributed by atoms with E-state index in [0.717, 1.165) is 35.2 Å². The third-order valence-electron chi connectivity index (χ3n) is 3.47. The lowest BCUT2D eigenvalue weighted by molar-refractivity contribution is 0.578. The predicted octanol–water partition coefficient (Wildman–Crippen LogP) is 3.07. The van der Waals surface area contributed by atoms with Crippen LogP contribution in [-0.2, 0) is 6.54 Å². The lowest BCUT2D eigenvalue weighted by Crippen LogP contribution is -2.15. The summed E-state index contributed by atoms with van der Waals surface area (Å²) in [5, 5.41) is 3.52. The fraction of sp³-hybridized carbons (Fsp3) is 0.267. The predicted molar refractivity (Wildman–Crippen MR) is 73.7 cm³/mol. The first-order valence-electron chi connectivity index (χ1n) is 6.64. The third kappa shape index (κ3) is 2.15. The molecule has 2 aromatic heterocycles. The smallest absolute Gasteiger partial charge is 0.174 e. The summed E-state index contributed by atoms with van der Waals surface area (Å²) in [6.07, 6.45) is 4.29. The zero-order valence-corrected chi connectivity index (χ0v) is 10.5. The van der Waals surface area contributed by atoms with Crippen molar-refractivity contribution in [3.8, 4) is 11.6 Å². The Morgan fingerprint density at radius 3 is 3.05 bits per heavy atom. The summed E-state index contributed by atoms with van der Waals surface area (Å²) < 4.78 is 5.36. The molecule has 2 heterocycles. The molecular formula is C15H15N3O. The number of nitrogens with one attached hydrogen (secondary N) is 2. The fourth-order valence-electron chi connectivity index (χ4n) is 2.25. The van der Waals surface area contributed by atoms with Crippen LogP contribution in [0, 0.1) is 0 Å². The zero-order valence-electron chi connectivity index (χ0n) is 10.5. The van der Waals surface area contributed by atoms with Crippen LogP contribution in [-0.4, -0.2) is 16.0 Å². The summed E-state index contributed by atoms with van der Waals surface area (Å²) in [4.78, 5) is 7.84. The molecule has 96 valence electrons. The molecule has 1 fully saturated rings. The Morgan fingerprint density at radius 2 is 2.26 bits per heavy atom. The first kappa shape index (κ1) is 10.8. The van der Waals surface area contributed by atoms with Crippen LogP contribution in [0.25, 0.3) is 22.6 Å². The molecule has 0 spiro atoms. The zero-order chi connectivity index (χ0) is 12.7.